The second-order valence-corrected chi connectivity index (χ2v) is 13.2. The zero-order chi connectivity index (χ0) is 35.8. The molecular weight excluding hydrogens is 620 g/mol. The standard InChI is InChI=1S/C37H56N8O4/c1-26(2)23-32(35(47)41-31(17-11-18-38)37(49)45-20-12-19-44(21-22-45)27(3)40-4)43-36(48)33(25-29-15-9-6-10-16-29)42-34(46)30(39)24-28-13-7-5-8-14-28/h5-10,13-16,26,30-33H,11-12,17-25,38-39H2,1-4H3,(H,41,47)(H,42,46)(H,43,48)/t30-,31-,32-,33-/m1/s1. The largest absolute Gasteiger partial charge is 0.359 e. The first-order valence-electron chi connectivity index (χ1n) is 17.4. The van der Waals surface area contributed by atoms with E-state index in [-0.39, 0.29) is 18.2 Å². The van der Waals surface area contributed by atoms with Crippen LogP contribution < -0.4 is 27.4 Å². The molecule has 1 fully saturated rings. The zero-order valence-electron chi connectivity index (χ0n) is 29.6. The van der Waals surface area contributed by atoms with Crippen LogP contribution in [0.5, 0.6) is 0 Å². The summed E-state index contributed by atoms with van der Waals surface area (Å²) in [5.41, 5.74) is 13.8. The zero-order valence-corrected chi connectivity index (χ0v) is 29.6. The first kappa shape index (κ1) is 39.2. The first-order chi connectivity index (χ1) is 23.5. The average molecular weight is 677 g/mol. The van der Waals surface area contributed by atoms with E-state index in [1.54, 1.807) is 11.9 Å². The molecule has 0 radical (unpaired) electrons. The van der Waals surface area contributed by atoms with Gasteiger partial charge in [-0.05, 0) is 62.6 Å². The van der Waals surface area contributed by atoms with E-state index in [0.29, 0.717) is 51.9 Å². The number of amidine groups is 1. The van der Waals surface area contributed by atoms with Gasteiger partial charge < -0.3 is 37.2 Å². The Morgan fingerprint density at radius 1 is 0.755 bits per heavy atom. The van der Waals surface area contributed by atoms with Crippen molar-refractivity contribution in [2.45, 2.75) is 83.5 Å². The van der Waals surface area contributed by atoms with E-state index in [0.717, 1.165) is 29.9 Å². The maximum atomic E-state index is 13.9. The molecule has 0 aliphatic carbocycles. The fraction of sp³-hybridized carbons (Fsp3) is 0.541. The van der Waals surface area contributed by atoms with Crippen molar-refractivity contribution in [3.63, 3.8) is 0 Å². The minimum atomic E-state index is -0.982. The smallest absolute Gasteiger partial charge is 0.245 e. The number of carbonyl (C=O) groups is 4. The van der Waals surface area contributed by atoms with Gasteiger partial charge in [-0.2, -0.15) is 0 Å². The van der Waals surface area contributed by atoms with Crippen LogP contribution in [0.1, 0.15) is 57.6 Å². The molecule has 4 atom stereocenters. The van der Waals surface area contributed by atoms with Crippen molar-refractivity contribution in [3.8, 4) is 0 Å². The predicted molar refractivity (Wildman–Crippen MR) is 194 cm³/mol. The van der Waals surface area contributed by atoms with Crippen LogP contribution in [-0.2, 0) is 32.0 Å². The van der Waals surface area contributed by atoms with Gasteiger partial charge in [-0.1, -0.05) is 74.5 Å². The summed E-state index contributed by atoms with van der Waals surface area (Å²) in [5, 5.41) is 8.70. The Bertz CT molecular complexity index is 1370. The van der Waals surface area contributed by atoms with Crippen LogP contribution in [0.2, 0.25) is 0 Å². The number of aliphatic imine (C=N–C) groups is 1. The molecule has 4 amide bonds. The Kier molecular flexibility index (Phi) is 16.2. The van der Waals surface area contributed by atoms with Gasteiger partial charge in [0, 0.05) is 39.6 Å². The Morgan fingerprint density at radius 2 is 1.29 bits per heavy atom. The van der Waals surface area contributed by atoms with Gasteiger partial charge in [0.05, 0.1) is 11.9 Å². The molecule has 0 unspecified atom stereocenters. The van der Waals surface area contributed by atoms with E-state index in [1.165, 1.54) is 0 Å². The number of hydrogen-bond donors (Lipinski definition) is 5. The van der Waals surface area contributed by atoms with E-state index < -0.39 is 41.9 Å². The summed E-state index contributed by atoms with van der Waals surface area (Å²) in [7, 11) is 1.76. The summed E-state index contributed by atoms with van der Waals surface area (Å²) < 4.78 is 0. The molecule has 7 N–H and O–H groups in total. The minimum absolute atomic E-state index is 0.0516. The highest BCUT2D eigenvalue weighted by atomic mass is 16.2. The topological polar surface area (TPSA) is 175 Å². The highest BCUT2D eigenvalue weighted by molar-refractivity contribution is 5.95. The second-order valence-electron chi connectivity index (χ2n) is 13.2. The first-order valence-corrected chi connectivity index (χ1v) is 17.4. The molecule has 268 valence electrons. The van der Waals surface area contributed by atoms with Crippen molar-refractivity contribution < 1.29 is 19.2 Å². The van der Waals surface area contributed by atoms with Crippen LogP contribution in [0, 0.1) is 5.92 Å². The molecule has 3 rings (SSSR count). The van der Waals surface area contributed by atoms with Gasteiger partial charge in [0.25, 0.3) is 0 Å². The number of carbonyl (C=O) groups excluding carboxylic acids is 4. The Hall–Kier alpha value is -4.29. The van der Waals surface area contributed by atoms with Gasteiger partial charge in [-0.25, -0.2) is 0 Å². The van der Waals surface area contributed by atoms with Crippen molar-refractivity contribution >= 4 is 29.5 Å². The molecule has 12 nitrogen and oxygen atoms in total. The van der Waals surface area contributed by atoms with E-state index in [4.69, 9.17) is 11.5 Å². The van der Waals surface area contributed by atoms with Crippen molar-refractivity contribution in [2.24, 2.45) is 22.4 Å². The van der Waals surface area contributed by atoms with E-state index >= 15 is 0 Å². The molecule has 0 bridgehead atoms. The molecule has 1 heterocycles. The minimum Gasteiger partial charge on any atom is -0.359 e. The summed E-state index contributed by atoms with van der Waals surface area (Å²) in [4.78, 5) is 63.1. The SMILES string of the molecule is CN=C(C)N1CCCN(C(=O)[C@@H](CCCN)NC(=O)[C@@H](CC(C)C)NC(=O)[C@@H](Cc2ccccc2)NC(=O)[C@H](N)Cc2ccccc2)CC1. The number of nitrogens with two attached hydrogens (primary N) is 2. The molecule has 0 aromatic heterocycles. The summed E-state index contributed by atoms with van der Waals surface area (Å²) >= 11 is 0. The molecule has 2 aromatic carbocycles. The second kappa shape index (κ2) is 20.3. The van der Waals surface area contributed by atoms with Crippen LogP contribution in [0.4, 0.5) is 0 Å². The molecular formula is C37H56N8O4. The third-order valence-corrected chi connectivity index (χ3v) is 8.79. The van der Waals surface area contributed by atoms with Crippen molar-refractivity contribution in [1.82, 2.24) is 25.8 Å². The molecule has 1 aliphatic rings. The van der Waals surface area contributed by atoms with Crippen LogP contribution >= 0.6 is 0 Å². The Morgan fingerprint density at radius 3 is 1.88 bits per heavy atom. The summed E-state index contributed by atoms with van der Waals surface area (Å²) in [5.74, 6) is -0.603. The lowest BCUT2D eigenvalue weighted by molar-refractivity contribution is -0.138. The van der Waals surface area contributed by atoms with Crippen LogP contribution in [0.15, 0.2) is 65.7 Å². The maximum absolute atomic E-state index is 13.9. The summed E-state index contributed by atoms with van der Waals surface area (Å²) in [6.45, 7) is 8.79. The van der Waals surface area contributed by atoms with E-state index in [1.807, 2.05) is 81.4 Å². The van der Waals surface area contributed by atoms with Crippen molar-refractivity contribution in [3.05, 3.63) is 71.8 Å². The predicted octanol–water partition coefficient (Wildman–Crippen LogP) is 1.62. The molecule has 0 saturated carbocycles. The van der Waals surface area contributed by atoms with Crippen LogP contribution in [0.25, 0.3) is 0 Å². The van der Waals surface area contributed by atoms with Gasteiger partial charge in [-0.15, -0.1) is 0 Å². The lowest BCUT2D eigenvalue weighted by atomic mass is 9.99. The van der Waals surface area contributed by atoms with Gasteiger partial charge >= 0.3 is 0 Å². The van der Waals surface area contributed by atoms with E-state index in [2.05, 4.69) is 25.8 Å². The highest BCUT2D eigenvalue weighted by Crippen LogP contribution is 2.12. The van der Waals surface area contributed by atoms with Crippen LogP contribution in [-0.4, -0.2) is 103 Å². The van der Waals surface area contributed by atoms with Gasteiger partial charge in [0.1, 0.15) is 18.1 Å². The number of nitrogens with zero attached hydrogens (tertiary/aromatic N) is 3. The van der Waals surface area contributed by atoms with Gasteiger partial charge in [-0.3, -0.25) is 24.2 Å². The third-order valence-electron chi connectivity index (χ3n) is 8.79. The lowest BCUT2D eigenvalue weighted by Gasteiger charge is -2.29. The van der Waals surface area contributed by atoms with Crippen molar-refractivity contribution in [1.29, 1.82) is 0 Å². The molecule has 12 heteroatoms. The number of benzene rings is 2. The summed E-state index contributed by atoms with van der Waals surface area (Å²) in [6.07, 6.45) is 2.57. The van der Waals surface area contributed by atoms with Gasteiger partial charge in [0.2, 0.25) is 23.6 Å². The van der Waals surface area contributed by atoms with Gasteiger partial charge in [0.15, 0.2) is 0 Å². The fourth-order valence-electron chi connectivity index (χ4n) is 5.95. The Balaban J connectivity index is 1.76. The lowest BCUT2D eigenvalue weighted by Crippen LogP contribution is -2.58. The number of rotatable bonds is 16. The van der Waals surface area contributed by atoms with Crippen molar-refractivity contribution in [2.75, 3.05) is 39.8 Å². The highest BCUT2D eigenvalue weighted by Gasteiger charge is 2.33. The van der Waals surface area contributed by atoms with E-state index in [9.17, 15) is 19.2 Å². The quantitative estimate of drug-likeness (QED) is 0.133. The molecule has 0 spiro atoms. The molecule has 2 aromatic rings. The summed E-state index contributed by atoms with van der Waals surface area (Å²) in [6, 6.07) is 15.2. The third kappa shape index (κ3) is 12.9. The normalized spacial score (nSPS) is 16.3. The molecule has 1 aliphatic heterocycles. The number of amides is 4. The maximum Gasteiger partial charge on any atom is 0.245 e. The Labute approximate surface area is 291 Å². The molecule has 49 heavy (non-hydrogen) atoms. The monoisotopic (exact) mass is 676 g/mol. The fourth-order valence-corrected chi connectivity index (χ4v) is 5.95. The number of hydrogen-bond acceptors (Lipinski definition) is 7. The number of nitrogens with one attached hydrogen (secondary N) is 3. The van der Waals surface area contributed by atoms with Crippen LogP contribution in [0.3, 0.4) is 0 Å². The average Bonchev–Trinajstić information content (AvgIpc) is 3.36. The molecule has 1 saturated heterocycles.